The summed E-state index contributed by atoms with van der Waals surface area (Å²) >= 11 is 6.74. The molecule has 3 rings (SSSR count). The first kappa shape index (κ1) is 18.0. The molecule has 0 bridgehead atoms. The summed E-state index contributed by atoms with van der Waals surface area (Å²) in [5.74, 6) is 1.47. The van der Waals surface area contributed by atoms with Gasteiger partial charge in [-0.2, -0.15) is 0 Å². The zero-order chi connectivity index (χ0) is 17.8. The van der Waals surface area contributed by atoms with E-state index in [2.05, 4.69) is 6.92 Å². The van der Waals surface area contributed by atoms with Gasteiger partial charge in [0.25, 0.3) is 5.91 Å². The summed E-state index contributed by atoms with van der Waals surface area (Å²) in [5, 5.41) is 0. The summed E-state index contributed by atoms with van der Waals surface area (Å²) in [4.78, 5) is 15.0. The second kappa shape index (κ2) is 8.06. The number of carbonyl (C=O) groups is 1. The van der Waals surface area contributed by atoms with Gasteiger partial charge in [0.2, 0.25) is 0 Å². The number of hydrogen-bond donors (Lipinski definition) is 0. The summed E-state index contributed by atoms with van der Waals surface area (Å²) < 4.78 is 11.8. The van der Waals surface area contributed by atoms with Crippen LogP contribution in [0.3, 0.4) is 0 Å². The number of thiocarbonyl (C=S) groups is 1. The van der Waals surface area contributed by atoms with Gasteiger partial charge in [-0.15, -0.1) is 0 Å². The Labute approximate surface area is 157 Å². The van der Waals surface area contributed by atoms with Gasteiger partial charge in [0.05, 0.1) is 12.0 Å². The number of nitrogens with zero attached hydrogens (tertiary/aromatic N) is 1. The lowest BCUT2D eigenvalue weighted by Gasteiger charge is -2.18. The maximum Gasteiger partial charge on any atom is 0.266 e. The first-order chi connectivity index (χ1) is 12.1. The van der Waals surface area contributed by atoms with E-state index in [-0.39, 0.29) is 5.91 Å². The number of para-hydroxylation sites is 1. The summed E-state index contributed by atoms with van der Waals surface area (Å²) in [5.41, 5.74) is 1.91. The van der Waals surface area contributed by atoms with E-state index < -0.39 is 0 Å². The zero-order valence-electron chi connectivity index (χ0n) is 14.4. The Morgan fingerprint density at radius 3 is 3.00 bits per heavy atom. The average Bonchev–Trinajstić information content (AvgIpc) is 2.88. The van der Waals surface area contributed by atoms with Crippen molar-refractivity contribution < 1.29 is 14.3 Å². The number of unbranched alkanes of at least 4 members (excludes halogenated alkanes) is 2. The summed E-state index contributed by atoms with van der Waals surface area (Å²) in [6, 6.07) is 5.77. The number of fused-ring (bicyclic) bond motifs is 1. The molecule has 0 unspecified atom stereocenters. The lowest BCUT2D eigenvalue weighted by molar-refractivity contribution is -0.122. The van der Waals surface area contributed by atoms with Crippen LogP contribution in [0.1, 0.15) is 31.7 Å². The van der Waals surface area contributed by atoms with Crippen molar-refractivity contribution in [1.82, 2.24) is 4.90 Å². The van der Waals surface area contributed by atoms with Crippen LogP contribution in [0, 0.1) is 0 Å². The minimum absolute atomic E-state index is 0.00319. The van der Waals surface area contributed by atoms with Gasteiger partial charge in [-0.3, -0.25) is 9.69 Å². The fourth-order valence-electron chi connectivity index (χ4n) is 2.82. The molecule has 2 aliphatic rings. The Hall–Kier alpha value is -1.79. The van der Waals surface area contributed by atoms with E-state index in [4.69, 9.17) is 21.7 Å². The number of methoxy groups -OCH3 is 1. The third-order valence-electron chi connectivity index (χ3n) is 4.13. The van der Waals surface area contributed by atoms with Crippen molar-refractivity contribution in [2.45, 2.75) is 26.2 Å². The second-order valence-corrected chi connectivity index (χ2v) is 7.60. The van der Waals surface area contributed by atoms with Crippen molar-refractivity contribution in [3.05, 3.63) is 40.3 Å². The quantitative estimate of drug-likeness (QED) is 0.418. The van der Waals surface area contributed by atoms with E-state index in [1.54, 1.807) is 12.0 Å². The fourth-order valence-corrected chi connectivity index (χ4v) is 4.15. The van der Waals surface area contributed by atoms with Crippen molar-refractivity contribution in [1.29, 1.82) is 0 Å². The minimum atomic E-state index is 0.00319. The van der Waals surface area contributed by atoms with E-state index in [1.165, 1.54) is 11.8 Å². The molecule has 0 radical (unpaired) electrons. The van der Waals surface area contributed by atoms with E-state index in [0.717, 1.165) is 41.9 Å². The van der Waals surface area contributed by atoms with Gasteiger partial charge in [0.1, 0.15) is 10.9 Å². The maximum atomic E-state index is 12.6. The van der Waals surface area contributed by atoms with Crippen LogP contribution >= 0.6 is 24.0 Å². The number of hydrogen-bond acceptors (Lipinski definition) is 5. The van der Waals surface area contributed by atoms with Crippen LogP contribution in [-0.4, -0.2) is 35.4 Å². The van der Waals surface area contributed by atoms with Gasteiger partial charge >= 0.3 is 0 Å². The predicted molar refractivity (Wildman–Crippen MR) is 106 cm³/mol. The molecule has 132 valence electrons. The van der Waals surface area contributed by atoms with Crippen molar-refractivity contribution >= 4 is 40.3 Å². The number of ether oxygens (including phenoxy) is 2. The van der Waals surface area contributed by atoms with E-state index in [1.807, 2.05) is 30.4 Å². The first-order valence-corrected chi connectivity index (χ1v) is 9.62. The largest absolute Gasteiger partial charge is 0.493 e. The number of benzene rings is 1. The Morgan fingerprint density at radius 2 is 2.24 bits per heavy atom. The van der Waals surface area contributed by atoms with E-state index in [0.29, 0.717) is 22.4 Å². The normalized spacial score (nSPS) is 18.2. The molecule has 0 atom stereocenters. The molecule has 2 heterocycles. The number of amides is 1. The fraction of sp³-hybridized carbons (Fsp3) is 0.368. The highest BCUT2D eigenvalue weighted by Crippen LogP contribution is 2.37. The van der Waals surface area contributed by atoms with Crippen molar-refractivity contribution in [2.75, 3.05) is 20.3 Å². The van der Waals surface area contributed by atoms with E-state index in [9.17, 15) is 4.79 Å². The maximum absolute atomic E-state index is 12.6. The molecule has 1 aromatic rings. The van der Waals surface area contributed by atoms with Crippen LogP contribution in [0.2, 0.25) is 0 Å². The number of thioether (sulfide) groups is 1. The van der Waals surface area contributed by atoms with Crippen LogP contribution < -0.4 is 9.47 Å². The SMILES string of the molecule is CCCCCN1C(=O)/C(=C/C2=Cc3cccc(OC)c3OC2)SC1=S. The smallest absolute Gasteiger partial charge is 0.266 e. The Balaban J connectivity index is 1.78. The standard InChI is InChI=1S/C19H21NO3S2/c1-3-4-5-9-20-18(21)16(25-19(20)24)11-13-10-14-7-6-8-15(22-2)17(14)23-12-13/h6-8,10-11H,3-5,9,12H2,1-2H3/b16-11-. The van der Waals surface area contributed by atoms with Gasteiger partial charge < -0.3 is 9.47 Å². The molecule has 6 heteroatoms. The molecule has 2 aliphatic heterocycles. The molecule has 4 nitrogen and oxygen atoms in total. The highest BCUT2D eigenvalue weighted by atomic mass is 32.2. The minimum Gasteiger partial charge on any atom is -0.493 e. The van der Waals surface area contributed by atoms with Crippen LogP contribution in [0.5, 0.6) is 11.5 Å². The molecular formula is C19H21NO3S2. The second-order valence-electron chi connectivity index (χ2n) is 5.93. The van der Waals surface area contributed by atoms with Gasteiger partial charge in [-0.1, -0.05) is 55.9 Å². The summed E-state index contributed by atoms with van der Waals surface area (Å²) in [7, 11) is 1.63. The molecule has 0 aromatic heterocycles. The Kier molecular flexibility index (Phi) is 5.81. The van der Waals surface area contributed by atoms with Crippen LogP contribution in [0.4, 0.5) is 0 Å². The van der Waals surface area contributed by atoms with Crippen molar-refractivity contribution in [2.24, 2.45) is 0 Å². The molecular weight excluding hydrogens is 354 g/mol. The van der Waals surface area contributed by atoms with Crippen molar-refractivity contribution in [3.63, 3.8) is 0 Å². The molecule has 25 heavy (non-hydrogen) atoms. The van der Waals surface area contributed by atoms with Crippen LogP contribution in [0.15, 0.2) is 34.8 Å². The molecule has 1 saturated heterocycles. The topological polar surface area (TPSA) is 38.8 Å². The average molecular weight is 376 g/mol. The lowest BCUT2D eigenvalue weighted by Crippen LogP contribution is -2.29. The predicted octanol–water partition coefficient (Wildman–Crippen LogP) is 4.41. The van der Waals surface area contributed by atoms with Crippen LogP contribution in [-0.2, 0) is 4.79 Å². The van der Waals surface area contributed by atoms with Crippen molar-refractivity contribution in [3.8, 4) is 11.5 Å². The van der Waals surface area contributed by atoms with E-state index >= 15 is 0 Å². The highest BCUT2D eigenvalue weighted by molar-refractivity contribution is 8.26. The third kappa shape index (κ3) is 3.90. The molecule has 0 spiro atoms. The summed E-state index contributed by atoms with van der Waals surface area (Å²) in [6.07, 6.45) is 7.13. The molecule has 1 amide bonds. The van der Waals surface area contributed by atoms with Crippen LogP contribution in [0.25, 0.3) is 6.08 Å². The molecule has 0 saturated carbocycles. The lowest BCUT2D eigenvalue weighted by atomic mass is 10.1. The molecule has 1 fully saturated rings. The molecule has 0 N–H and O–H groups in total. The molecule has 1 aromatic carbocycles. The van der Waals surface area contributed by atoms with Gasteiger partial charge in [-0.25, -0.2) is 0 Å². The first-order valence-electron chi connectivity index (χ1n) is 8.39. The third-order valence-corrected chi connectivity index (χ3v) is 5.51. The molecule has 0 aliphatic carbocycles. The monoisotopic (exact) mass is 375 g/mol. The summed E-state index contributed by atoms with van der Waals surface area (Å²) in [6.45, 7) is 3.26. The van der Waals surface area contributed by atoms with Gasteiger partial charge in [0.15, 0.2) is 11.5 Å². The van der Waals surface area contributed by atoms with Gasteiger partial charge in [-0.05, 0) is 30.2 Å². The zero-order valence-corrected chi connectivity index (χ0v) is 16.0. The Bertz CT molecular complexity index is 755. The number of carbonyl (C=O) groups excluding carboxylic acids is 1. The van der Waals surface area contributed by atoms with Gasteiger partial charge in [0, 0.05) is 12.1 Å². The highest BCUT2D eigenvalue weighted by Gasteiger charge is 2.31. The number of rotatable bonds is 6. The Morgan fingerprint density at radius 1 is 1.40 bits per heavy atom.